The van der Waals surface area contributed by atoms with Gasteiger partial charge in [-0.3, -0.25) is 0 Å². The lowest BCUT2D eigenvalue weighted by Gasteiger charge is -1.91. The van der Waals surface area contributed by atoms with Crippen molar-refractivity contribution in [3.8, 4) is 0 Å². The molecule has 2 heterocycles. The fourth-order valence-corrected chi connectivity index (χ4v) is 1.77. The Balaban J connectivity index is 1.86. The highest BCUT2D eigenvalue weighted by molar-refractivity contribution is 6.01. The lowest BCUT2D eigenvalue weighted by Crippen LogP contribution is -2.15. The Morgan fingerprint density at radius 3 is 2.95 bits per heavy atom. The molecule has 8 heteroatoms. The summed E-state index contributed by atoms with van der Waals surface area (Å²) in [6.45, 7) is 0. The molecule has 3 aromatic rings. The molecule has 0 saturated carbocycles. The van der Waals surface area contributed by atoms with E-state index in [0.717, 1.165) is 16.5 Å². The monoisotopic (exact) mass is 269 g/mol. The number of nitrogens with one attached hydrogen (secondary N) is 1. The second-order valence-corrected chi connectivity index (χ2v) is 4.02. The molecule has 0 aliphatic carbocycles. The lowest BCUT2D eigenvalue weighted by molar-refractivity contribution is 0.308. The van der Waals surface area contributed by atoms with Crippen LogP contribution in [0.4, 0.5) is 5.82 Å². The maximum Gasteiger partial charge on any atom is 0.199 e. The van der Waals surface area contributed by atoms with Gasteiger partial charge in [-0.25, -0.2) is 4.63 Å². The normalized spacial score (nSPS) is 12.5. The molecule has 20 heavy (non-hydrogen) atoms. The minimum Gasteiger partial charge on any atom is -0.380 e. The van der Waals surface area contributed by atoms with Crippen LogP contribution >= 0.6 is 0 Å². The first-order chi connectivity index (χ1) is 9.75. The van der Waals surface area contributed by atoms with Crippen LogP contribution in [0.15, 0.2) is 45.3 Å². The Hall–Kier alpha value is -3.16. The van der Waals surface area contributed by atoms with Crippen LogP contribution in [0.5, 0.6) is 0 Å². The van der Waals surface area contributed by atoms with Crippen LogP contribution in [0.1, 0.15) is 11.3 Å². The van der Waals surface area contributed by atoms with E-state index in [-0.39, 0.29) is 17.3 Å². The molecule has 0 amide bonds. The van der Waals surface area contributed by atoms with Crippen LogP contribution in [0.25, 0.3) is 10.9 Å². The van der Waals surface area contributed by atoms with Gasteiger partial charge in [0.05, 0.1) is 6.21 Å². The summed E-state index contributed by atoms with van der Waals surface area (Å²) in [5.41, 5.74) is 13.3. The molecule has 0 spiro atoms. The number of hydrogen-bond donors (Lipinski definition) is 3. The number of H-pyrrole nitrogens is 1. The van der Waals surface area contributed by atoms with Crippen molar-refractivity contribution in [3.05, 3.63) is 41.7 Å². The second-order valence-electron chi connectivity index (χ2n) is 4.02. The maximum atomic E-state index is 5.68. The molecule has 0 atom stereocenters. The first kappa shape index (κ1) is 11.9. The maximum absolute atomic E-state index is 5.68. The van der Waals surface area contributed by atoms with Crippen molar-refractivity contribution in [1.29, 1.82) is 0 Å². The third-order valence-electron chi connectivity index (χ3n) is 2.74. The van der Waals surface area contributed by atoms with E-state index in [9.17, 15) is 0 Å². The van der Waals surface area contributed by atoms with Gasteiger partial charge in [-0.1, -0.05) is 18.2 Å². The molecule has 0 unspecified atom stereocenters. The van der Waals surface area contributed by atoms with Gasteiger partial charge in [0.25, 0.3) is 0 Å². The largest absolute Gasteiger partial charge is 0.380 e. The SMILES string of the molecule is N/C(=N\N=C\c1c[nH]c2ccccc12)c1nonc1N. The van der Waals surface area contributed by atoms with Gasteiger partial charge >= 0.3 is 0 Å². The lowest BCUT2D eigenvalue weighted by atomic mass is 10.2. The molecule has 1 aromatic carbocycles. The Bertz CT molecular complexity index is 799. The third-order valence-corrected chi connectivity index (χ3v) is 2.74. The van der Waals surface area contributed by atoms with Gasteiger partial charge < -0.3 is 16.5 Å². The number of nitrogen functional groups attached to an aromatic ring is 1. The minimum absolute atomic E-state index is 0.0415. The molecule has 8 nitrogen and oxygen atoms in total. The number of rotatable bonds is 3. The van der Waals surface area contributed by atoms with E-state index in [1.54, 1.807) is 6.21 Å². The number of hydrogen-bond acceptors (Lipinski definition) is 6. The average molecular weight is 269 g/mol. The van der Waals surface area contributed by atoms with Crippen molar-refractivity contribution in [2.75, 3.05) is 5.73 Å². The van der Waals surface area contributed by atoms with Crippen LogP contribution in [-0.2, 0) is 0 Å². The zero-order valence-corrected chi connectivity index (χ0v) is 10.3. The summed E-state index contributed by atoms with van der Waals surface area (Å²) in [6.07, 6.45) is 3.43. The smallest absolute Gasteiger partial charge is 0.199 e. The second kappa shape index (κ2) is 4.84. The van der Waals surface area contributed by atoms with Crippen LogP contribution in [0.2, 0.25) is 0 Å². The standard InChI is InChI=1S/C12H11N7O/c13-11(10-12(14)19-20-18-10)17-16-6-7-5-15-9-4-2-1-3-8(7)9/h1-6,15H,(H2,13,17)(H2,14,19)/b16-6+. The van der Waals surface area contributed by atoms with E-state index in [4.69, 9.17) is 11.5 Å². The number of nitrogens with zero attached hydrogens (tertiary/aromatic N) is 4. The molecule has 0 saturated heterocycles. The fraction of sp³-hybridized carbons (Fsp3) is 0. The third kappa shape index (κ3) is 2.09. The number of aromatic amines is 1. The average Bonchev–Trinajstić information content (AvgIpc) is 3.05. The first-order valence-electron chi connectivity index (χ1n) is 5.76. The molecule has 100 valence electrons. The Morgan fingerprint density at radius 2 is 2.15 bits per heavy atom. The number of anilines is 1. The predicted octanol–water partition coefficient (Wildman–Crippen LogP) is 0.873. The van der Waals surface area contributed by atoms with Gasteiger partial charge in [0.1, 0.15) is 0 Å². The summed E-state index contributed by atoms with van der Waals surface area (Å²) in [4.78, 5) is 3.13. The molecule has 0 aliphatic heterocycles. The first-order valence-corrected chi connectivity index (χ1v) is 5.76. The van der Waals surface area contributed by atoms with Gasteiger partial charge in [-0.15, -0.1) is 5.10 Å². The van der Waals surface area contributed by atoms with Gasteiger partial charge in [-0.2, -0.15) is 5.10 Å². The van der Waals surface area contributed by atoms with E-state index < -0.39 is 0 Å². The van der Waals surface area contributed by atoms with E-state index in [0.29, 0.717) is 0 Å². The molecular formula is C12H11N7O. The number of fused-ring (bicyclic) bond motifs is 1. The zero-order valence-electron chi connectivity index (χ0n) is 10.3. The van der Waals surface area contributed by atoms with E-state index in [1.807, 2.05) is 30.5 Å². The molecule has 5 N–H and O–H groups in total. The Morgan fingerprint density at radius 1 is 1.30 bits per heavy atom. The van der Waals surface area contributed by atoms with Gasteiger partial charge in [0, 0.05) is 22.7 Å². The summed E-state index contributed by atoms with van der Waals surface area (Å²) < 4.78 is 4.43. The summed E-state index contributed by atoms with van der Waals surface area (Å²) >= 11 is 0. The van der Waals surface area contributed by atoms with Gasteiger partial charge in [-0.05, 0) is 16.4 Å². The number of aromatic nitrogens is 3. The zero-order chi connectivity index (χ0) is 13.9. The molecular weight excluding hydrogens is 258 g/mol. The number of amidine groups is 1. The minimum atomic E-state index is 0.0415. The number of para-hydroxylation sites is 1. The number of benzene rings is 1. The Kier molecular flexibility index (Phi) is 2.88. The fourth-order valence-electron chi connectivity index (χ4n) is 1.77. The predicted molar refractivity (Wildman–Crippen MR) is 75.3 cm³/mol. The molecule has 0 bridgehead atoms. The van der Waals surface area contributed by atoms with Gasteiger partial charge in [0.15, 0.2) is 17.3 Å². The van der Waals surface area contributed by atoms with Crippen molar-refractivity contribution < 1.29 is 4.63 Å². The van der Waals surface area contributed by atoms with E-state index in [1.165, 1.54) is 0 Å². The highest BCUT2D eigenvalue weighted by Gasteiger charge is 2.09. The van der Waals surface area contributed by atoms with Crippen molar-refractivity contribution in [2.24, 2.45) is 15.9 Å². The highest BCUT2D eigenvalue weighted by Crippen LogP contribution is 2.15. The van der Waals surface area contributed by atoms with Crippen molar-refractivity contribution in [2.45, 2.75) is 0 Å². The highest BCUT2D eigenvalue weighted by atomic mass is 16.6. The quantitative estimate of drug-likeness (QED) is 0.369. The molecule has 0 radical (unpaired) electrons. The summed E-state index contributed by atoms with van der Waals surface area (Å²) in [5, 5.41) is 15.7. The van der Waals surface area contributed by atoms with E-state index in [2.05, 4.69) is 30.1 Å². The summed E-state index contributed by atoms with van der Waals surface area (Å²) in [5.74, 6) is 0.119. The number of nitrogens with two attached hydrogens (primary N) is 2. The van der Waals surface area contributed by atoms with Crippen molar-refractivity contribution in [3.63, 3.8) is 0 Å². The van der Waals surface area contributed by atoms with Crippen LogP contribution < -0.4 is 11.5 Å². The molecule has 3 rings (SSSR count). The van der Waals surface area contributed by atoms with Gasteiger partial charge in [0.2, 0.25) is 0 Å². The van der Waals surface area contributed by atoms with Crippen molar-refractivity contribution >= 4 is 28.8 Å². The topological polar surface area (TPSA) is 131 Å². The van der Waals surface area contributed by atoms with Crippen LogP contribution in [-0.4, -0.2) is 27.3 Å². The molecule has 0 fully saturated rings. The molecule has 2 aromatic heterocycles. The van der Waals surface area contributed by atoms with Crippen LogP contribution in [0.3, 0.4) is 0 Å². The van der Waals surface area contributed by atoms with Crippen LogP contribution in [0, 0.1) is 0 Å². The van der Waals surface area contributed by atoms with Crippen molar-refractivity contribution in [1.82, 2.24) is 15.3 Å². The summed E-state index contributed by atoms with van der Waals surface area (Å²) in [7, 11) is 0. The molecule has 0 aliphatic rings. The Labute approximate surface area is 113 Å². The van der Waals surface area contributed by atoms with E-state index >= 15 is 0 Å². The summed E-state index contributed by atoms with van der Waals surface area (Å²) in [6, 6.07) is 7.87.